The van der Waals surface area contributed by atoms with Gasteiger partial charge in [0.05, 0.1) is 5.75 Å². The van der Waals surface area contributed by atoms with E-state index in [1.54, 1.807) is 22.8 Å². The molecule has 1 saturated carbocycles. The Hall–Kier alpha value is -2.42. The monoisotopic (exact) mass is 334 g/mol. The zero-order valence-corrected chi connectivity index (χ0v) is 12.9. The van der Waals surface area contributed by atoms with Crippen LogP contribution in [0.3, 0.4) is 0 Å². The first kappa shape index (κ1) is 14.2. The molecule has 1 amide bonds. The summed E-state index contributed by atoms with van der Waals surface area (Å²) in [7, 11) is 0. The number of thioether (sulfide) groups is 1. The van der Waals surface area contributed by atoms with Crippen molar-refractivity contribution in [1.29, 1.82) is 0 Å². The second-order valence-corrected chi connectivity index (χ2v) is 6.26. The standard InChI is InChI=1S/C14H14N4O4S/c19-12(15-8-1-4-10-11(5-8)22-7-21-10)6-23-14-17-16-13(20)18(14)9-2-3-9/h1,4-5,9H,2-3,6-7H2,(H,15,19)(H,16,20). The van der Waals surface area contributed by atoms with E-state index in [0.717, 1.165) is 12.8 Å². The summed E-state index contributed by atoms with van der Waals surface area (Å²) < 4.78 is 12.1. The van der Waals surface area contributed by atoms with Crippen molar-refractivity contribution in [1.82, 2.24) is 14.8 Å². The molecule has 1 aromatic heterocycles. The van der Waals surface area contributed by atoms with Gasteiger partial charge in [0, 0.05) is 17.8 Å². The van der Waals surface area contributed by atoms with Gasteiger partial charge in [-0.15, -0.1) is 5.10 Å². The summed E-state index contributed by atoms with van der Waals surface area (Å²) >= 11 is 1.24. The lowest BCUT2D eigenvalue weighted by Crippen LogP contribution is -2.17. The van der Waals surface area contributed by atoms with Crippen LogP contribution in [0.4, 0.5) is 5.69 Å². The Kier molecular flexibility index (Phi) is 3.49. The predicted octanol–water partition coefficient (Wildman–Crippen LogP) is 1.37. The number of aromatic amines is 1. The lowest BCUT2D eigenvalue weighted by Gasteiger charge is -2.06. The zero-order valence-electron chi connectivity index (χ0n) is 12.1. The molecule has 2 aromatic rings. The lowest BCUT2D eigenvalue weighted by atomic mass is 10.3. The summed E-state index contributed by atoms with van der Waals surface area (Å²) in [5.74, 6) is 1.28. The lowest BCUT2D eigenvalue weighted by molar-refractivity contribution is -0.113. The normalized spacial score (nSPS) is 15.7. The highest BCUT2D eigenvalue weighted by atomic mass is 32.2. The third-order valence-electron chi connectivity index (χ3n) is 3.57. The highest BCUT2D eigenvalue weighted by Gasteiger charge is 2.28. The maximum Gasteiger partial charge on any atom is 0.344 e. The molecule has 1 aliphatic carbocycles. The highest BCUT2D eigenvalue weighted by molar-refractivity contribution is 7.99. The number of hydrogen-bond donors (Lipinski definition) is 2. The molecule has 0 saturated heterocycles. The topological polar surface area (TPSA) is 98.2 Å². The molecule has 0 bridgehead atoms. The van der Waals surface area contributed by atoms with Crippen LogP contribution in [0.5, 0.6) is 11.5 Å². The Morgan fingerprint density at radius 3 is 3.04 bits per heavy atom. The number of H-pyrrole nitrogens is 1. The highest BCUT2D eigenvalue weighted by Crippen LogP contribution is 2.36. The van der Waals surface area contributed by atoms with E-state index in [-0.39, 0.29) is 30.2 Å². The van der Waals surface area contributed by atoms with E-state index in [2.05, 4.69) is 15.5 Å². The van der Waals surface area contributed by atoms with Crippen LogP contribution in [-0.2, 0) is 4.79 Å². The van der Waals surface area contributed by atoms with Crippen molar-refractivity contribution in [3.63, 3.8) is 0 Å². The second-order valence-electron chi connectivity index (χ2n) is 5.32. The third-order valence-corrected chi connectivity index (χ3v) is 4.53. The predicted molar refractivity (Wildman–Crippen MR) is 83.0 cm³/mol. The van der Waals surface area contributed by atoms with Crippen molar-refractivity contribution in [2.75, 3.05) is 17.9 Å². The molecule has 1 fully saturated rings. The fourth-order valence-electron chi connectivity index (χ4n) is 2.35. The first-order valence-corrected chi connectivity index (χ1v) is 8.18. The average Bonchev–Trinajstić information content (AvgIpc) is 3.14. The minimum atomic E-state index is -0.217. The van der Waals surface area contributed by atoms with Gasteiger partial charge >= 0.3 is 5.69 Å². The summed E-state index contributed by atoms with van der Waals surface area (Å²) in [6, 6.07) is 5.45. The van der Waals surface area contributed by atoms with E-state index in [1.165, 1.54) is 11.8 Å². The summed E-state index contributed by atoms with van der Waals surface area (Å²) in [5, 5.41) is 9.76. The number of aromatic nitrogens is 3. The Morgan fingerprint density at radius 1 is 1.39 bits per heavy atom. The molecule has 8 nitrogen and oxygen atoms in total. The van der Waals surface area contributed by atoms with E-state index >= 15 is 0 Å². The van der Waals surface area contributed by atoms with Crippen molar-refractivity contribution in [2.45, 2.75) is 24.0 Å². The summed E-state index contributed by atoms with van der Waals surface area (Å²) in [4.78, 5) is 23.7. The summed E-state index contributed by atoms with van der Waals surface area (Å²) in [6.45, 7) is 0.195. The number of carbonyl (C=O) groups is 1. The van der Waals surface area contributed by atoms with Gasteiger partial charge in [0.2, 0.25) is 12.7 Å². The number of benzene rings is 1. The fraction of sp³-hybridized carbons (Fsp3) is 0.357. The molecule has 0 unspecified atom stereocenters. The molecule has 9 heteroatoms. The van der Waals surface area contributed by atoms with Gasteiger partial charge in [0.15, 0.2) is 16.7 Å². The Labute approximate surface area is 135 Å². The van der Waals surface area contributed by atoms with Gasteiger partial charge in [-0.25, -0.2) is 9.89 Å². The van der Waals surface area contributed by atoms with Crippen LogP contribution in [0.1, 0.15) is 18.9 Å². The van der Waals surface area contributed by atoms with Crippen molar-refractivity contribution in [3.8, 4) is 11.5 Å². The van der Waals surface area contributed by atoms with E-state index in [4.69, 9.17) is 9.47 Å². The maximum absolute atomic E-state index is 12.1. The molecule has 2 aliphatic rings. The number of fused-ring (bicyclic) bond motifs is 1. The van der Waals surface area contributed by atoms with Crippen LogP contribution in [0, 0.1) is 0 Å². The van der Waals surface area contributed by atoms with Crippen LogP contribution < -0.4 is 20.5 Å². The van der Waals surface area contributed by atoms with Crippen molar-refractivity contribution in [3.05, 3.63) is 28.7 Å². The van der Waals surface area contributed by atoms with E-state index in [1.807, 2.05) is 0 Å². The van der Waals surface area contributed by atoms with Crippen LogP contribution in [0.25, 0.3) is 0 Å². The molecule has 0 radical (unpaired) electrons. The van der Waals surface area contributed by atoms with Gasteiger partial charge < -0.3 is 14.8 Å². The SMILES string of the molecule is O=C(CSc1n[nH]c(=O)n1C1CC1)Nc1ccc2c(c1)OCO2. The van der Waals surface area contributed by atoms with Crippen LogP contribution in [0.2, 0.25) is 0 Å². The van der Waals surface area contributed by atoms with Crippen molar-refractivity contribution < 1.29 is 14.3 Å². The molecule has 1 aromatic carbocycles. The number of amides is 1. The molecular formula is C14H14N4O4S. The van der Waals surface area contributed by atoms with Gasteiger partial charge in [-0.3, -0.25) is 9.36 Å². The van der Waals surface area contributed by atoms with Crippen molar-refractivity contribution in [2.24, 2.45) is 0 Å². The molecular weight excluding hydrogens is 320 g/mol. The number of hydrogen-bond acceptors (Lipinski definition) is 6. The Morgan fingerprint density at radius 2 is 2.22 bits per heavy atom. The Bertz CT molecular complexity index is 811. The van der Waals surface area contributed by atoms with Crippen LogP contribution in [0.15, 0.2) is 28.2 Å². The largest absolute Gasteiger partial charge is 0.454 e. The molecule has 0 atom stereocenters. The fourth-order valence-corrected chi connectivity index (χ4v) is 3.16. The van der Waals surface area contributed by atoms with E-state index in [9.17, 15) is 9.59 Å². The quantitative estimate of drug-likeness (QED) is 0.801. The number of nitrogens with one attached hydrogen (secondary N) is 2. The molecule has 4 rings (SSSR count). The Balaban J connectivity index is 1.38. The van der Waals surface area contributed by atoms with Gasteiger partial charge in [-0.1, -0.05) is 11.8 Å². The first-order chi connectivity index (χ1) is 11.2. The second kappa shape index (κ2) is 5.65. The molecule has 1 aliphatic heterocycles. The smallest absolute Gasteiger partial charge is 0.344 e. The van der Waals surface area contributed by atoms with E-state index in [0.29, 0.717) is 22.3 Å². The molecule has 120 valence electrons. The number of nitrogens with zero attached hydrogens (tertiary/aromatic N) is 2. The van der Waals surface area contributed by atoms with Gasteiger partial charge in [0.1, 0.15) is 0 Å². The van der Waals surface area contributed by atoms with Gasteiger partial charge in [-0.2, -0.15) is 0 Å². The van der Waals surface area contributed by atoms with Crippen LogP contribution >= 0.6 is 11.8 Å². The number of rotatable bonds is 5. The van der Waals surface area contributed by atoms with Gasteiger partial charge in [-0.05, 0) is 25.0 Å². The maximum atomic E-state index is 12.1. The number of carbonyl (C=O) groups excluding carboxylic acids is 1. The number of ether oxygens (including phenoxy) is 2. The van der Waals surface area contributed by atoms with Gasteiger partial charge in [0.25, 0.3) is 0 Å². The molecule has 0 spiro atoms. The minimum absolute atomic E-state index is 0.172. The minimum Gasteiger partial charge on any atom is -0.454 e. The number of anilines is 1. The molecule has 2 N–H and O–H groups in total. The van der Waals surface area contributed by atoms with E-state index < -0.39 is 0 Å². The molecule has 2 heterocycles. The van der Waals surface area contributed by atoms with Crippen molar-refractivity contribution >= 4 is 23.4 Å². The third kappa shape index (κ3) is 2.91. The van der Waals surface area contributed by atoms with Crippen LogP contribution in [-0.4, -0.2) is 33.2 Å². The summed E-state index contributed by atoms with van der Waals surface area (Å²) in [5.41, 5.74) is 0.424. The zero-order chi connectivity index (χ0) is 15.8. The molecule has 23 heavy (non-hydrogen) atoms. The average molecular weight is 334 g/mol. The summed E-state index contributed by atoms with van der Waals surface area (Å²) in [6.07, 6.45) is 1.97. The first-order valence-electron chi connectivity index (χ1n) is 7.20.